The molecule has 0 aliphatic heterocycles. The molecule has 0 bridgehead atoms. The second-order valence-corrected chi connectivity index (χ2v) is 9.88. The summed E-state index contributed by atoms with van der Waals surface area (Å²) in [5, 5.41) is 2.72. The molecule has 0 radical (unpaired) electrons. The zero-order valence-corrected chi connectivity index (χ0v) is 21.7. The zero-order chi connectivity index (χ0) is 26.3. The third-order valence-electron chi connectivity index (χ3n) is 4.93. The fourth-order valence-electron chi connectivity index (χ4n) is 3.38. The Bertz CT molecular complexity index is 1230. The number of rotatable bonds is 8. The van der Waals surface area contributed by atoms with E-state index < -0.39 is 23.6 Å². The first-order valence-corrected chi connectivity index (χ1v) is 12.0. The van der Waals surface area contributed by atoms with Gasteiger partial charge in [0.1, 0.15) is 22.8 Å². The van der Waals surface area contributed by atoms with Crippen molar-refractivity contribution in [1.29, 1.82) is 0 Å². The summed E-state index contributed by atoms with van der Waals surface area (Å²) in [6.07, 6.45) is -0.608. The van der Waals surface area contributed by atoms with Crippen LogP contribution in [0.25, 0.3) is 11.1 Å². The first-order chi connectivity index (χ1) is 17.1. The minimum atomic E-state index is -0.671. The molecule has 1 heterocycles. The Morgan fingerprint density at radius 2 is 1.61 bits per heavy atom. The number of nitrogens with one attached hydrogen (secondary N) is 1. The summed E-state index contributed by atoms with van der Waals surface area (Å²) in [5.74, 6) is -0.673. The van der Waals surface area contributed by atoms with E-state index in [1.54, 1.807) is 45.0 Å². The minimum absolute atomic E-state index is 0.0551. The van der Waals surface area contributed by atoms with E-state index in [1.165, 1.54) is 14.2 Å². The Morgan fingerprint density at radius 3 is 2.25 bits per heavy atom. The molecule has 0 saturated carbocycles. The van der Waals surface area contributed by atoms with Crippen LogP contribution < -0.4 is 10.1 Å². The maximum absolute atomic E-state index is 12.7. The standard InChI is InChI=1S/C27H29NO7S/c1-27(2,3)35-26(31)28-15-22-19(14-21(36-22)25(30)33-5)23-18(24(29)32-4)12-9-13-20(23)34-16-17-10-7-6-8-11-17/h6-14H,15-16H2,1-5H3,(H,28,31). The van der Waals surface area contributed by atoms with Crippen molar-refractivity contribution in [2.45, 2.75) is 39.5 Å². The third kappa shape index (κ3) is 6.85. The van der Waals surface area contributed by atoms with Crippen LogP contribution in [0.5, 0.6) is 5.75 Å². The molecule has 0 fully saturated rings. The van der Waals surface area contributed by atoms with E-state index in [-0.39, 0.29) is 18.7 Å². The van der Waals surface area contributed by atoms with Crippen LogP contribution in [0.15, 0.2) is 54.6 Å². The highest BCUT2D eigenvalue weighted by atomic mass is 32.1. The van der Waals surface area contributed by atoms with Gasteiger partial charge in [0.05, 0.1) is 26.3 Å². The highest BCUT2D eigenvalue weighted by Crippen LogP contribution is 2.40. The fraction of sp³-hybridized carbons (Fsp3) is 0.296. The van der Waals surface area contributed by atoms with E-state index in [4.69, 9.17) is 18.9 Å². The molecule has 1 amide bonds. The molecule has 0 atom stereocenters. The average molecular weight is 512 g/mol. The number of ether oxygens (including phenoxy) is 4. The number of methoxy groups -OCH3 is 2. The summed E-state index contributed by atoms with van der Waals surface area (Å²) in [5.41, 5.74) is 1.53. The van der Waals surface area contributed by atoms with Gasteiger partial charge in [0.15, 0.2) is 0 Å². The maximum Gasteiger partial charge on any atom is 0.407 e. The molecule has 0 spiro atoms. The molecule has 1 N–H and O–H groups in total. The molecule has 36 heavy (non-hydrogen) atoms. The highest BCUT2D eigenvalue weighted by Gasteiger charge is 2.25. The van der Waals surface area contributed by atoms with Crippen molar-refractivity contribution in [3.63, 3.8) is 0 Å². The molecule has 0 aliphatic rings. The van der Waals surface area contributed by atoms with Crippen LogP contribution in [0.2, 0.25) is 0 Å². The van der Waals surface area contributed by atoms with Gasteiger partial charge < -0.3 is 24.3 Å². The summed E-state index contributed by atoms with van der Waals surface area (Å²) in [7, 11) is 2.58. The highest BCUT2D eigenvalue weighted by molar-refractivity contribution is 7.14. The number of thiophene rings is 1. The summed E-state index contributed by atoms with van der Waals surface area (Å²) in [6, 6.07) is 16.3. The number of carbonyl (C=O) groups is 3. The van der Waals surface area contributed by atoms with Crippen molar-refractivity contribution in [1.82, 2.24) is 5.32 Å². The number of hydrogen-bond acceptors (Lipinski definition) is 8. The van der Waals surface area contributed by atoms with Crippen LogP contribution in [0, 0.1) is 0 Å². The van der Waals surface area contributed by atoms with E-state index in [1.807, 2.05) is 30.3 Å². The molecule has 0 aliphatic carbocycles. The van der Waals surface area contributed by atoms with E-state index in [2.05, 4.69) is 5.32 Å². The van der Waals surface area contributed by atoms with Crippen molar-refractivity contribution < 1.29 is 33.3 Å². The molecule has 0 unspecified atom stereocenters. The number of carbonyl (C=O) groups excluding carboxylic acids is 3. The van der Waals surface area contributed by atoms with Crippen LogP contribution in [0.1, 0.15) is 51.2 Å². The molecule has 190 valence electrons. The van der Waals surface area contributed by atoms with Crippen molar-refractivity contribution in [2.24, 2.45) is 0 Å². The number of amides is 1. The van der Waals surface area contributed by atoms with Gasteiger partial charge in [-0.15, -0.1) is 11.3 Å². The van der Waals surface area contributed by atoms with Crippen LogP contribution in [0.4, 0.5) is 4.79 Å². The van der Waals surface area contributed by atoms with Gasteiger partial charge in [0.25, 0.3) is 0 Å². The summed E-state index contributed by atoms with van der Waals surface area (Å²) < 4.78 is 21.4. The molecular weight excluding hydrogens is 482 g/mol. The Labute approximate surface area is 214 Å². The molecule has 2 aromatic carbocycles. The molecule has 3 rings (SSSR count). The average Bonchev–Trinajstić information content (AvgIpc) is 3.28. The van der Waals surface area contributed by atoms with Crippen LogP contribution in [-0.4, -0.2) is 37.9 Å². The second-order valence-electron chi connectivity index (χ2n) is 8.74. The number of benzene rings is 2. The van der Waals surface area contributed by atoms with E-state index in [9.17, 15) is 14.4 Å². The smallest absolute Gasteiger partial charge is 0.407 e. The van der Waals surface area contributed by atoms with Gasteiger partial charge in [-0.1, -0.05) is 36.4 Å². The van der Waals surface area contributed by atoms with E-state index >= 15 is 0 Å². The molecule has 3 aromatic rings. The molecule has 9 heteroatoms. The predicted molar refractivity (Wildman–Crippen MR) is 136 cm³/mol. The topological polar surface area (TPSA) is 100 Å². The van der Waals surface area contributed by atoms with Gasteiger partial charge in [0.2, 0.25) is 0 Å². The monoisotopic (exact) mass is 511 g/mol. The van der Waals surface area contributed by atoms with Gasteiger partial charge >= 0.3 is 18.0 Å². The Hall–Kier alpha value is -3.85. The minimum Gasteiger partial charge on any atom is -0.488 e. The van der Waals surface area contributed by atoms with Gasteiger partial charge in [-0.2, -0.15) is 0 Å². The van der Waals surface area contributed by atoms with Gasteiger partial charge in [-0.3, -0.25) is 0 Å². The quantitative estimate of drug-likeness (QED) is 0.311. The van der Waals surface area contributed by atoms with Crippen molar-refractivity contribution in [3.8, 4) is 16.9 Å². The lowest BCUT2D eigenvalue weighted by Gasteiger charge is -2.20. The van der Waals surface area contributed by atoms with E-state index in [0.717, 1.165) is 16.9 Å². The lowest BCUT2D eigenvalue weighted by molar-refractivity contribution is 0.0522. The maximum atomic E-state index is 12.7. The summed E-state index contributed by atoms with van der Waals surface area (Å²) >= 11 is 1.15. The zero-order valence-electron chi connectivity index (χ0n) is 20.9. The predicted octanol–water partition coefficient (Wildman–Crippen LogP) is 5.59. The third-order valence-corrected chi connectivity index (χ3v) is 6.04. The molecular formula is C27H29NO7S. The number of alkyl carbamates (subject to hydrolysis) is 1. The van der Waals surface area contributed by atoms with Crippen LogP contribution in [0.3, 0.4) is 0 Å². The largest absolute Gasteiger partial charge is 0.488 e. The molecule has 1 aromatic heterocycles. The summed E-state index contributed by atoms with van der Waals surface area (Å²) in [4.78, 5) is 38.3. The van der Waals surface area contributed by atoms with Crippen molar-refractivity contribution in [3.05, 3.63) is 75.5 Å². The Morgan fingerprint density at radius 1 is 0.917 bits per heavy atom. The van der Waals surface area contributed by atoms with Gasteiger partial charge in [-0.05, 0) is 44.5 Å². The molecule has 0 saturated heterocycles. The second kappa shape index (κ2) is 11.7. The summed E-state index contributed by atoms with van der Waals surface area (Å²) in [6.45, 7) is 5.61. The van der Waals surface area contributed by atoms with Gasteiger partial charge in [0, 0.05) is 16.0 Å². The lowest BCUT2D eigenvalue weighted by Crippen LogP contribution is -2.32. The van der Waals surface area contributed by atoms with Crippen molar-refractivity contribution >= 4 is 29.4 Å². The number of esters is 2. The van der Waals surface area contributed by atoms with Crippen LogP contribution in [-0.2, 0) is 27.4 Å². The molecule has 8 nitrogen and oxygen atoms in total. The first kappa shape index (κ1) is 26.7. The van der Waals surface area contributed by atoms with E-state index in [0.29, 0.717) is 26.6 Å². The Balaban J connectivity index is 2.06. The van der Waals surface area contributed by atoms with Gasteiger partial charge in [-0.25, -0.2) is 14.4 Å². The van der Waals surface area contributed by atoms with Crippen molar-refractivity contribution in [2.75, 3.05) is 14.2 Å². The SMILES string of the molecule is COC(=O)c1cc(-c2c(OCc3ccccc3)cccc2C(=O)OC)c(CNC(=O)OC(C)(C)C)s1. The lowest BCUT2D eigenvalue weighted by atomic mass is 9.98. The Kier molecular flexibility index (Phi) is 8.71. The van der Waals surface area contributed by atoms with Crippen LogP contribution >= 0.6 is 11.3 Å². The first-order valence-electron chi connectivity index (χ1n) is 11.2. The number of hydrogen-bond donors (Lipinski definition) is 1. The normalized spacial score (nSPS) is 10.9. The fourth-order valence-corrected chi connectivity index (χ4v) is 4.41.